The zero-order chi connectivity index (χ0) is 27.5. The second kappa shape index (κ2) is 14.0. The number of benzene rings is 2. The van der Waals surface area contributed by atoms with Crippen molar-refractivity contribution >= 4 is 17.7 Å². The predicted octanol–water partition coefficient (Wildman–Crippen LogP) is 2.95. The third kappa shape index (κ3) is 7.69. The minimum atomic E-state index is -0.998. The van der Waals surface area contributed by atoms with Gasteiger partial charge in [-0.2, -0.15) is 5.21 Å². The molecule has 4 N–H and O–H groups in total. The third-order valence-electron chi connectivity index (χ3n) is 6.10. The Morgan fingerprint density at radius 3 is 2.34 bits per heavy atom. The highest BCUT2D eigenvalue weighted by molar-refractivity contribution is 5.99. The van der Waals surface area contributed by atoms with Gasteiger partial charge in [-0.3, -0.25) is 19.6 Å². The first kappa shape index (κ1) is 28.5. The van der Waals surface area contributed by atoms with Gasteiger partial charge in [-0.25, -0.2) is 5.48 Å². The first-order valence-electron chi connectivity index (χ1n) is 12.8. The van der Waals surface area contributed by atoms with E-state index in [0.717, 1.165) is 22.3 Å². The van der Waals surface area contributed by atoms with E-state index >= 15 is 0 Å². The molecule has 11 nitrogen and oxygen atoms in total. The molecule has 0 aliphatic heterocycles. The molecule has 3 rings (SSSR count). The second-order valence-corrected chi connectivity index (χ2v) is 9.49. The molecule has 11 heteroatoms. The van der Waals surface area contributed by atoms with Crippen molar-refractivity contribution < 1.29 is 19.6 Å². The summed E-state index contributed by atoms with van der Waals surface area (Å²) in [7, 11) is 0. The van der Waals surface area contributed by atoms with Crippen molar-refractivity contribution in [2.75, 3.05) is 13.1 Å². The summed E-state index contributed by atoms with van der Waals surface area (Å²) in [6.07, 6.45) is 1.41. The average molecular weight is 522 g/mol. The Kier molecular flexibility index (Phi) is 10.5. The molecule has 0 aliphatic rings. The molecular weight excluding hydrogens is 486 g/mol. The van der Waals surface area contributed by atoms with E-state index in [1.165, 1.54) is 0 Å². The maximum absolute atomic E-state index is 12.8. The van der Waals surface area contributed by atoms with Crippen molar-refractivity contribution in [2.24, 2.45) is 11.8 Å². The van der Waals surface area contributed by atoms with E-state index in [4.69, 9.17) is 5.21 Å². The van der Waals surface area contributed by atoms with Crippen molar-refractivity contribution in [2.45, 2.75) is 46.6 Å². The van der Waals surface area contributed by atoms with Gasteiger partial charge in [0.05, 0.1) is 0 Å². The summed E-state index contributed by atoms with van der Waals surface area (Å²) < 4.78 is 0. The van der Waals surface area contributed by atoms with E-state index in [9.17, 15) is 14.4 Å². The molecule has 0 radical (unpaired) electrons. The number of H-pyrrole nitrogens is 1. The molecule has 38 heavy (non-hydrogen) atoms. The number of nitrogens with one attached hydrogen (secondary N) is 3. The van der Waals surface area contributed by atoms with Crippen LogP contribution in [0.1, 0.15) is 45.6 Å². The maximum atomic E-state index is 12.8. The molecule has 3 amide bonds. The fourth-order valence-corrected chi connectivity index (χ4v) is 4.20. The normalized spacial score (nSPS) is 11.7. The maximum Gasteiger partial charge on any atom is 0.255 e. The number of carbonyl (C=O) groups is 3. The predicted molar refractivity (Wildman–Crippen MR) is 141 cm³/mol. The van der Waals surface area contributed by atoms with Crippen LogP contribution in [0.5, 0.6) is 0 Å². The number of tetrazole rings is 1. The minimum Gasteiger partial charge on any atom is -0.354 e. The number of aromatic amines is 1. The van der Waals surface area contributed by atoms with Crippen LogP contribution in [-0.4, -0.2) is 61.5 Å². The van der Waals surface area contributed by atoms with Crippen LogP contribution in [0.25, 0.3) is 22.5 Å². The minimum absolute atomic E-state index is 0.0138. The molecule has 0 aliphatic carbocycles. The van der Waals surface area contributed by atoms with Gasteiger partial charge in [0.15, 0.2) is 0 Å². The van der Waals surface area contributed by atoms with E-state index < -0.39 is 17.7 Å². The Labute approximate surface area is 222 Å². The van der Waals surface area contributed by atoms with Crippen LogP contribution in [0, 0.1) is 11.8 Å². The molecule has 1 heterocycles. The van der Waals surface area contributed by atoms with Crippen LogP contribution in [0.3, 0.4) is 0 Å². The lowest BCUT2D eigenvalue weighted by Crippen LogP contribution is -2.44. The van der Waals surface area contributed by atoms with E-state index in [2.05, 4.69) is 25.9 Å². The molecule has 0 bridgehead atoms. The summed E-state index contributed by atoms with van der Waals surface area (Å²) in [4.78, 5) is 39.1. The topological polar surface area (TPSA) is 153 Å². The van der Waals surface area contributed by atoms with Crippen molar-refractivity contribution in [3.05, 3.63) is 54.1 Å². The Bertz CT molecular complexity index is 1200. The Morgan fingerprint density at radius 2 is 1.74 bits per heavy atom. The van der Waals surface area contributed by atoms with Crippen molar-refractivity contribution in [1.29, 1.82) is 0 Å². The standard InChI is InChI=1S/C27H35N7O4/c1-4-7-24(35)34(15-14-28-26(36)23(16-18(2)3)27(37)31-38)17-19-10-12-20(13-11-19)21-8-5-6-9-22(21)25-29-32-33-30-25/h5-6,8-13,18,23,38H,4,7,14-17H2,1-3H3,(H,28,36)(H,31,37)(H,29,30,32,33). The number of carbonyl (C=O) groups excluding carboxylic acids is 3. The molecule has 0 spiro atoms. The van der Waals surface area contributed by atoms with Crippen molar-refractivity contribution in [3.8, 4) is 22.5 Å². The van der Waals surface area contributed by atoms with E-state index in [1.807, 2.05) is 69.3 Å². The fraction of sp³-hybridized carbons (Fsp3) is 0.407. The van der Waals surface area contributed by atoms with Gasteiger partial charge in [0.25, 0.3) is 5.91 Å². The van der Waals surface area contributed by atoms with Gasteiger partial charge in [-0.05, 0) is 40.7 Å². The molecular formula is C27H35N7O4. The van der Waals surface area contributed by atoms with E-state index in [0.29, 0.717) is 38.2 Å². The number of amides is 3. The number of nitrogens with zero attached hydrogens (tertiary/aromatic N) is 4. The molecule has 0 fully saturated rings. The Morgan fingerprint density at radius 1 is 1.03 bits per heavy atom. The SMILES string of the molecule is CCCC(=O)N(CCNC(=O)C(CC(C)C)C(=O)NO)Cc1ccc(-c2ccccc2-c2nn[nH]n2)cc1. The van der Waals surface area contributed by atoms with E-state index in [-0.39, 0.29) is 18.4 Å². The van der Waals surface area contributed by atoms with E-state index in [1.54, 1.807) is 10.4 Å². The number of rotatable bonds is 13. The average Bonchev–Trinajstić information content (AvgIpc) is 3.46. The zero-order valence-electron chi connectivity index (χ0n) is 22.0. The molecule has 1 unspecified atom stereocenters. The van der Waals surface area contributed by atoms with Crippen LogP contribution in [0.2, 0.25) is 0 Å². The van der Waals surface area contributed by atoms with Crippen LogP contribution in [-0.2, 0) is 20.9 Å². The second-order valence-electron chi connectivity index (χ2n) is 9.49. The van der Waals surface area contributed by atoms with Gasteiger partial charge in [0.1, 0.15) is 5.92 Å². The molecule has 0 saturated carbocycles. The van der Waals surface area contributed by atoms with Crippen LogP contribution >= 0.6 is 0 Å². The summed E-state index contributed by atoms with van der Waals surface area (Å²) in [5, 5.41) is 26.0. The lowest BCUT2D eigenvalue weighted by Gasteiger charge is -2.24. The Hall–Kier alpha value is -4.12. The summed E-state index contributed by atoms with van der Waals surface area (Å²) in [5.41, 5.74) is 5.31. The van der Waals surface area contributed by atoms with Gasteiger partial charge in [-0.15, -0.1) is 10.2 Å². The smallest absolute Gasteiger partial charge is 0.255 e. The van der Waals surface area contributed by atoms with Gasteiger partial charge in [-0.1, -0.05) is 69.3 Å². The van der Waals surface area contributed by atoms with Crippen molar-refractivity contribution in [1.82, 2.24) is 36.3 Å². The Balaban J connectivity index is 1.68. The summed E-state index contributed by atoms with van der Waals surface area (Å²) in [6, 6.07) is 15.7. The van der Waals surface area contributed by atoms with Gasteiger partial charge in [0.2, 0.25) is 17.6 Å². The fourth-order valence-electron chi connectivity index (χ4n) is 4.20. The monoisotopic (exact) mass is 521 g/mol. The van der Waals surface area contributed by atoms with Crippen LogP contribution < -0.4 is 10.8 Å². The summed E-state index contributed by atoms with van der Waals surface area (Å²) >= 11 is 0. The zero-order valence-corrected chi connectivity index (χ0v) is 22.0. The first-order valence-corrected chi connectivity index (χ1v) is 12.8. The van der Waals surface area contributed by atoms with Crippen molar-refractivity contribution in [3.63, 3.8) is 0 Å². The number of hydrogen-bond acceptors (Lipinski definition) is 7. The van der Waals surface area contributed by atoms with Gasteiger partial charge >= 0.3 is 0 Å². The van der Waals surface area contributed by atoms with Gasteiger partial charge in [0, 0.05) is 31.6 Å². The number of aromatic nitrogens is 4. The van der Waals surface area contributed by atoms with Crippen LogP contribution in [0.4, 0.5) is 0 Å². The molecule has 2 aromatic carbocycles. The quantitative estimate of drug-likeness (QED) is 0.153. The molecule has 1 aromatic heterocycles. The highest BCUT2D eigenvalue weighted by atomic mass is 16.5. The molecule has 1 atom stereocenters. The molecule has 202 valence electrons. The highest BCUT2D eigenvalue weighted by Gasteiger charge is 2.27. The largest absolute Gasteiger partial charge is 0.354 e. The number of hydrogen-bond donors (Lipinski definition) is 4. The molecule has 0 saturated heterocycles. The first-order chi connectivity index (χ1) is 18.3. The highest BCUT2D eigenvalue weighted by Crippen LogP contribution is 2.29. The van der Waals surface area contributed by atoms with Crippen LogP contribution in [0.15, 0.2) is 48.5 Å². The molecule has 3 aromatic rings. The summed E-state index contributed by atoms with van der Waals surface area (Å²) in [6.45, 7) is 6.60. The summed E-state index contributed by atoms with van der Waals surface area (Å²) in [5.74, 6) is -1.63. The van der Waals surface area contributed by atoms with Gasteiger partial charge < -0.3 is 10.2 Å². The third-order valence-corrected chi connectivity index (χ3v) is 6.10. The lowest BCUT2D eigenvalue weighted by atomic mass is 9.95. The lowest BCUT2D eigenvalue weighted by molar-refractivity contribution is -0.141. The number of hydroxylamine groups is 1.